The number of aromatic nitrogens is 1. The predicted octanol–water partition coefficient (Wildman–Crippen LogP) is 1.87. The third-order valence-corrected chi connectivity index (χ3v) is 3.24. The van der Waals surface area contributed by atoms with Crippen LogP contribution in [0.3, 0.4) is 0 Å². The average molecular weight is 250 g/mol. The Labute approximate surface area is 108 Å². The van der Waals surface area contributed by atoms with Gasteiger partial charge in [0.15, 0.2) is 0 Å². The second-order valence-corrected chi connectivity index (χ2v) is 4.82. The molecule has 0 spiro atoms. The number of aliphatic hydroxyl groups is 1. The SMILES string of the molecule is CCCNCc1ccc(OC2CCCC2O)cn1. The summed E-state index contributed by atoms with van der Waals surface area (Å²) in [6.07, 6.45) is 5.30. The van der Waals surface area contributed by atoms with Gasteiger partial charge in [0, 0.05) is 6.54 Å². The molecule has 100 valence electrons. The van der Waals surface area contributed by atoms with Gasteiger partial charge in [0.2, 0.25) is 0 Å². The van der Waals surface area contributed by atoms with Crippen LogP contribution in [0.2, 0.25) is 0 Å². The normalized spacial score (nSPS) is 23.2. The molecule has 1 aliphatic rings. The van der Waals surface area contributed by atoms with Gasteiger partial charge in [-0.25, -0.2) is 0 Å². The van der Waals surface area contributed by atoms with Crippen molar-refractivity contribution in [3.05, 3.63) is 24.0 Å². The van der Waals surface area contributed by atoms with Crippen LogP contribution in [-0.2, 0) is 6.54 Å². The predicted molar refractivity (Wildman–Crippen MR) is 70.5 cm³/mol. The van der Waals surface area contributed by atoms with E-state index in [0.29, 0.717) is 0 Å². The summed E-state index contributed by atoms with van der Waals surface area (Å²) in [5, 5.41) is 13.0. The van der Waals surface area contributed by atoms with Gasteiger partial charge in [-0.1, -0.05) is 6.92 Å². The lowest BCUT2D eigenvalue weighted by Crippen LogP contribution is -2.25. The highest BCUT2D eigenvalue weighted by Gasteiger charge is 2.26. The number of aliphatic hydroxyl groups excluding tert-OH is 1. The van der Waals surface area contributed by atoms with Crippen molar-refractivity contribution in [3.8, 4) is 5.75 Å². The standard InChI is InChI=1S/C14H22N2O2/c1-2-8-15-9-11-6-7-12(10-16-11)18-14-5-3-4-13(14)17/h6-7,10,13-15,17H,2-5,8-9H2,1H3. The highest BCUT2D eigenvalue weighted by atomic mass is 16.5. The molecule has 2 N–H and O–H groups in total. The highest BCUT2D eigenvalue weighted by Crippen LogP contribution is 2.24. The number of nitrogens with one attached hydrogen (secondary N) is 1. The molecule has 0 saturated heterocycles. The fourth-order valence-corrected chi connectivity index (χ4v) is 2.20. The molecule has 1 aliphatic carbocycles. The summed E-state index contributed by atoms with van der Waals surface area (Å²) in [5.41, 5.74) is 1.02. The van der Waals surface area contributed by atoms with E-state index < -0.39 is 0 Å². The Hall–Kier alpha value is -1.13. The van der Waals surface area contributed by atoms with Crippen LogP contribution in [0.15, 0.2) is 18.3 Å². The third kappa shape index (κ3) is 3.68. The van der Waals surface area contributed by atoms with E-state index in [1.807, 2.05) is 12.1 Å². The zero-order chi connectivity index (χ0) is 12.8. The second kappa shape index (κ2) is 6.71. The maximum atomic E-state index is 9.69. The van der Waals surface area contributed by atoms with Gasteiger partial charge in [0.05, 0.1) is 18.0 Å². The van der Waals surface area contributed by atoms with Crippen molar-refractivity contribution in [3.63, 3.8) is 0 Å². The Bertz CT molecular complexity index is 353. The summed E-state index contributed by atoms with van der Waals surface area (Å²) in [4.78, 5) is 4.35. The molecule has 2 rings (SSSR count). The molecule has 4 nitrogen and oxygen atoms in total. The molecule has 1 fully saturated rings. The lowest BCUT2D eigenvalue weighted by molar-refractivity contribution is 0.0601. The van der Waals surface area contributed by atoms with E-state index >= 15 is 0 Å². The van der Waals surface area contributed by atoms with Gasteiger partial charge in [-0.3, -0.25) is 4.98 Å². The third-order valence-electron chi connectivity index (χ3n) is 3.24. The van der Waals surface area contributed by atoms with Crippen molar-refractivity contribution < 1.29 is 9.84 Å². The molecule has 1 saturated carbocycles. The topological polar surface area (TPSA) is 54.4 Å². The van der Waals surface area contributed by atoms with Crippen LogP contribution in [0, 0.1) is 0 Å². The van der Waals surface area contributed by atoms with Crippen molar-refractivity contribution in [1.82, 2.24) is 10.3 Å². The van der Waals surface area contributed by atoms with Gasteiger partial charge in [-0.15, -0.1) is 0 Å². The number of ether oxygens (including phenoxy) is 1. The number of hydrogen-bond acceptors (Lipinski definition) is 4. The Morgan fingerprint density at radius 1 is 1.44 bits per heavy atom. The van der Waals surface area contributed by atoms with E-state index in [1.54, 1.807) is 6.20 Å². The molecule has 1 aromatic rings. The number of nitrogens with zero attached hydrogens (tertiary/aromatic N) is 1. The Kier molecular flexibility index (Phi) is 4.96. The fourth-order valence-electron chi connectivity index (χ4n) is 2.20. The minimum absolute atomic E-state index is 0.0594. The molecule has 0 aromatic carbocycles. The van der Waals surface area contributed by atoms with E-state index in [0.717, 1.165) is 50.2 Å². The van der Waals surface area contributed by atoms with Crippen LogP contribution in [-0.4, -0.2) is 28.8 Å². The maximum absolute atomic E-state index is 9.69. The van der Waals surface area contributed by atoms with Gasteiger partial charge < -0.3 is 15.2 Å². The first kappa shape index (κ1) is 13.3. The molecule has 18 heavy (non-hydrogen) atoms. The fraction of sp³-hybridized carbons (Fsp3) is 0.643. The molecule has 4 heteroatoms. The van der Waals surface area contributed by atoms with Crippen LogP contribution >= 0.6 is 0 Å². The number of pyridine rings is 1. The molecular weight excluding hydrogens is 228 g/mol. The summed E-state index contributed by atoms with van der Waals surface area (Å²) >= 11 is 0. The summed E-state index contributed by atoms with van der Waals surface area (Å²) in [7, 11) is 0. The molecular formula is C14H22N2O2. The van der Waals surface area contributed by atoms with Crippen molar-refractivity contribution in [2.75, 3.05) is 6.54 Å². The van der Waals surface area contributed by atoms with Crippen LogP contribution in [0.5, 0.6) is 5.75 Å². The first-order valence-electron chi connectivity index (χ1n) is 6.80. The molecule has 1 aromatic heterocycles. The van der Waals surface area contributed by atoms with E-state index in [-0.39, 0.29) is 12.2 Å². The van der Waals surface area contributed by atoms with E-state index in [1.165, 1.54) is 0 Å². The smallest absolute Gasteiger partial charge is 0.138 e. The van der Waals surface area contributed by atoms with Crippen LogP contribution in [0.4, 0.5) is 0 Å². The van der Waals surface area contributed by atoms with Crippen molar-refractivity contribution in [2.24, 2.45) is 0 Å². The van der Waals surface area contributed by atoms with Gasteiger partial charge in [0.25, 0.3) is 0 Å². The minimum Gasteiger partial charge on any atom is -0.486 e. The van der Waals surface area contributed by atoms with E-state index in [9.17, 15) is 5.11 Å². The second-order valence-electron chi connectivity index (χ2n) is 4.82. The average Bonchev–Trinajstić information content (AvgIpc) is 2.78. The number of rotatable bonds is 6. The van der Waals surface area contributed by atoms with Gasteiger partial charge in [-0.05, 0) is 44.4 Å². The van der Waals surface area contributed by atoms with Crippen LogP contribution in [0.25, 0.3) is 0 Å². The first-order valence-corrected chi connectivity index (χ1v) is 6.80. The minimum atomic E-state index is -0.323. The lowest BCUT2D eigenvalue weighted by atomic mass is 10.2. The number of hydrogen-bond donors (Lipinski definition) is 2. The van der Waals surface area contributed by atoms with Crippen molar-refractivity contribution in [1.29, 1.82) is 0 Å². The first-order chi connectivity index (χ1) is 8.79. The van der Waals surface area contributed by atoms with Gasteiger partial charge >= 0.3 is 0 Å². The van der Waals surface area contributed by atoms with Crippen LogP contribution < -0.4 is 10.1 Å². The zero-order valence-electron chi connectivity index (χ0n) is 10.9. The quantitative estimate of drug-likeness (QED) is 0.757. The van der Waals surface area contributed by atoms with Gasteiger partial charge in [0.1, 0.15) is 11.9 Å². The van der Waals surface area contributed by atoms with E-state index in [4.69, 9.17) is 4.74 Å². The Balaban J connectivity index is 1.83. The van der Waals surface area contributed by atoms with Crippen LogP contribution in [0.1, 0.15) is 38.3 Å². The molecule has 0 aliphatic heterocycles. The molecule has 2 unspecified atom stereocenters. The molecule has 0 bridgehead atoms. The summed E-state index contributed by atoms with van der Waals surface area (Å²) in [5.74, 6) is 0.750. The zero-order valence-corrected chi connectivity index (χ0v) is 10.9. The monoisotopic (exact) mass is 250 g/mol. The maximum Gasteiger partial charge on any atom is 0.138 e. The summed E-state index contributed by atoms with van der Waals surface area (Å²) in [6, 6.07) is 3.90. The van der Waals surface area contributed by atoms with Gasteiger partial charge in [-0.2, -0.15) is 0 Å². The van der Waals surface area contributed by atoms with Crippen molar-refractivity contribution in [2.45, 2.75) is 51.4 Å². The molecule has 1 heterocycles. The summed E-state index contributed by atoms with van der Waals surface area (Å²) in [6.45, 7) is 3.94. The Morgan fingerprint density at radius 3 is 2.94 bits per heavy atom. The highest BCUT2D eigenvalue weighted by molar-refractivity contribution is 5.20. The lowest BCUT2D eigenvalue weighted by Gasteiger charge is -2.16. The molecule has 2 atom stereocenters. The van der Waals surface area contributed by atoms with Crippen molar-refractivity contribution >= 4 is 0 Å². The van der Waals surface area contributed by atoms with E-state index in [2.05, 4.69) is 17.2 Å². The molecule has 0 amide bonds. The summed E-state index contributed by atoms with van der Waals surface area (Å²) < 4.78 is 5.74. The Morgan fingerprint density at radius 2 is 2.33 bits per heavy atom. The largest absolute Gasteiger partial charge is 0.486 e. The molecule has 0 radical (unpaired) electrons.